The van der Waals surface area contributed by atoms with Crippen molar-refractivity contribution in [3.05, 3.63) is 23.5 Å². The summed E-state index contributed by atoms with van der Waals surface area (Å²) in [5, 5.41) is 0. The van der Waals surface area contributed by atoms with Crippen LogP contribution in [0.4, 0.5) is 20.3 Å². The van der Waals surface area contributed by atoms with Crippen molar-refractivity contribution in [3.63, 3.8) is 0 Å². The van der Waals surface area contributed by atoms with Crippen molar-refractivity contribution < 1.29 is 13.5 Å². The van der Waals surface area contributed by atoms with E-state index < -0.39 is 13.0 Å². The molecule has 6 heteroatoms. The summed E-state index contributed by atoms with van der Waals surface area (Å²) >= 11 is 0. The van der Waals surface area contributed by atoms with Gasteiger partial charge in [0.25, 0.3) is 12.2 Å². The lowest BCUT2D eigenvalue weighted by Gasteiger charge is -2.02. The predicted octanol–water partition coefficient (Wildman–Crippen LogP) is 1.86. The molecule has 0 amide bonds. The number of hydrogen-bond donors (Lipinski definition) is 1. The SMILES string of the molecule is [C-]#[N+]c1cc(N)cc(OCC(F)F)n1. The van der Waals surface area contributed by atoms with Gasteiger partial charge in [0, 0.05) is 11.8 Å². The lowest BCUT2D eigenvalue weighted by molar-refractivity contribution is 0.0797. The molecule has 0 aliphatic carbocycles. The molecule has 1 aromatic rings. The number of rotatable bonds is 3. The monoisotopic (exact) mass is 199 g/mol. The fraction of sp³-hybridized carbons (Fsp3) is 0.250. The maximum Gasteiger partial charge on any atom is 0.311 e. The van der Waals surface area contributed by atoms with E-state index in [4.69, 9.17) is 12.3 Å². The van der Waals surface area contributed by atoms with Gasteiger partial charge in [-0.25, -0.2) is 8.78 Å². The number of aromatic nitrogens is 1. The van der Waals surface area contributed by atoms with Crippen molar-refractivity contribution >= 4 is 11.5 Å². The van der Waals surface area contributed by atoms with Gasteiger partial charge in [-0.15, -0.1) is 0 Å². The highest BCUT2D eigenvalue weighted by molar-refractivity contribution is 5.52. The molecule has 0 aromatic carbocycles. The number of nitrogens with zero attached hydrogens (tertiary/aromatic N) is 2. The molecular formula is C8H7F2N3O. The minimum atomic E-state index is -2.57. The van der Waals surface area contributed by atoms with E-state index in [2.05, 4.69) is 14.6 Å². The standard InChI is InChI=1S/C8H7F2N3O/c1-12-7-2-5(11)3-8(13-7)14-4-6(9)10/h2-3,6H,4H2,(H2,11,13). The van der Waals surface area contributed by atoms with Crippen LogP contribution in [0, 0.1) is 6.57 Å². The number of hydrogen-bond acceptors (Lipinski definition) is 3. The number of halogens is 2. The third kappa shape index (κ3) is 2.86. The molecule has 0 fully saturated rings. The van der Waals surface area contributed by atoms with Crippen molar-refractivity contribution in [3.8, 4) is 5.88 Å². The Morgan fingerprint density at radius 2 is 2.29 bits per heavy atom. The molecule has 0 bridgehead atoms. The van der Waals surface area contributed by atoms with E-state index in [0.717, 1.165) is 0 Å². The molecule has 0 aliphatic rings. The molecule has 0 unspecified atom stereocenters. The Labute approximate surface area is 79.1 Å². The fourth-order valence-electron chi connectivity index (χ4n) is 0.790. The van der Waals surface area contributed by atoms with Crippen LogP contribution < -0.4 is 10.5 Å². The van der Waals surface area contributed by atoms with E-state index in [0.29, 0.717) is 0 Å². The van der Waals surface area contributed by atoms with Gasteiger partial charge < -0.3 is 15.3 Å². The Hall–Kier alpha value is -1.90. The van der Waals surface area contributed by atoms with Crippen LogP contribution in [0.1, 0.15) is 0 Å². The summed E-state index contributed by atoms with van der Waals surface area (Å²) < 4.78 is 28.1. The lowest BCUT2D eigenvalue weighted by Crippen LogP contribution is -2.08. The molecule has 1 heterocycles. The highest BCUT2D eigenvalue weighted by Crippen LogP contribution is 2.19. The Morgan fingerprint density at radius 1 is 1.57 bits per heavy atom. The Bertz CT molecular complexity index is 362. The van der Waals surface area contributed by atoms with Crippen LogP contribution in [0.5, 0.6) is 5.88 Å². The van der Waals surface area contributed by atoms with Crippen LogP contribution in [0.2, 0.25) is 0 Å². The maximum absolute atomic E-state index is 11.8. The van der Waals surface area contributed by atoms with E-state index in [1.807, 2.05) is 0 Å². The molecule has 0 radical (unpaired) electrons. The number of nitrogens with two attached hydrogens (primary N) is 1. The minimum absolute atomic E-state index is 0.0225. The van der Waals surface area contributed by atoms with E-state index >= 15 is 0 Å². The topological polar surface area (TPSA) is 52.5 Å². The normalized spacial score (nSPS) is 9.86. The van der Waals surface area contributed by atoms with Crippen LogP contribution in [0.25, 0.3) is 4.85 Å². The molecule has 0 saturated heterocycles. The van der Waals surface area contributed by atoms with Crippen LogP contribution in [0.3, 0.4) is 0 Å². The third-order valence-electron chi connectivity index (χ3n) is 1.28. The van der Waals surface area contributed by atoms with Crippen molar-refractivity contribution in [2.24, 2.45) is 0 Å². The summed E-state index contributed by atoms with van der Waals surface area (Å²) in [7, 11) is 0. The van der Waals surface area contributed by atoms with Gasteiger partial charge in [0.15, 0.2) is 6.61 Å². The highest BCUT2D eigenvalue weighted by atomic mass is 19.3. The van der Waals surface area contributed by atoms with Gasteiger partial charge >= 0.3 is 5.88 Å². The largest absolute Gasteiger partial charge is 0.455 e. The average Bonchev–Trinajstić information content (AvgIpc) is 2.14. The molecule has 0 aliphatic heterocycles. The Balaban J connectivity index is 2.78. The summed E-state index contributed by atoms with van der Waals surface area (Å²) in [6.45, 7) is 5.90. The van der Waals surface area contributed by atoms with Crippen molar-refractivity contribution in [1.29, 1.82) is 0 Å². The molecule has 1 rings (SSSR count). The Morgan fingerprint density at radius 3 is 2.86 bits per heavy atom. The zero-order chi connectivity index (χ0) is 10.6. The van der Waals surface area contributed by atoms with E-state index in [1.54, 1.807) is 0 Å². The van der Waals surface area contributed by atoms with Crippen LogP contribution in [-0.2, 0) is 0 Å². The quantitative estimate of drug-likeness (QED) is 0.756. The summed E-state index contributed by atoms with van der Waals surface area (Å²) in [6, 6.07) is 2.62. The predicted molar refractivity (Wildman–Crippen MR) is 46.4 cm³/mol. The first-order valence-electron chi connectivity index (χ1n) is 3.68. The summed E-state index contributed by atoms with van der Waals surface area (Å²) in [6.07, 6.45) is -2.57. The van der Waals surface area contributed by atoms with Crippen molar-refractivity contribution in [2.45, 2.75) is 6.43 Å². The third-order valence-corrected chi connectivity index (χ3v) is 1.28. The molecular weight excluding hydrogens is 192 g/mol. The van der Waals surface area contributed by atoms with Crippen LogP contribution in [-0.4, -0.2) is 18.0 Å². The number of ether oxygens (including phenoxy) is 1. The maximum atomic E-state index is 11.8. The van der Waals surface area contributed by atoms with Gasteiger partial charge in [-0.2, -0.15) is 0 Å². The van der Waals surface area contributed by atoms with Crippen molar-refractivity contribution in [2.75, 3.05) is 12.3 Å². The zero-order valence-electron chi connectivity index (χ0n) is 7.08. The molecule has 14 heavy (non-hydrogen) atoms. The van der Waals surface area contributed by atoms with Gasteiger partial charge in [0.2, 0.25) is 0 Å². The first-order chi connectivity index (χ1) is 6.61. The van der Waals surface area contributed by atoms with Gasteiger partial charge in [-0.05, 0) is 6.07 Å². The highest BCUT2D eigenvalue weighted by Gasteiger charge is 2.08. The fourth-order valence-corrected chi connectivity index (χ4v) is 0.790. The number of nitrogen functional groups attached to an aromatic ring is 1. The second kappa shape index (κ2) is 4.37. The van der Waals surface area contributed by atoms with E-state index in [1.165, 1.54) is 12.1 Å². The van der Waals surface area contributed by atoms with Crippen molar-refractivity contribution in [1.82, 2.24) is 4.98 Å². The Kier molecular flexibility index (Phi) is 3.18. The zero-order valence-corrected chi connectivity index (χ0v) is 7.08. The number of anilines is 1. The number of pyridine rings is 1. The second-order valence-corrected chi connectivity index (χ2v) is 2.41. The van der Waals surface area contributed by atoms with Gasteiger partial charge in [-0.3, -0.25) is 0 Å². The summed E-state index contributed by atoms with van der Waals surface area (Å²) in [4.78, 5) is 6.64. The molecule has 4 nitrogen and oxygen atoms in total. The van der Waals surface area contributed by atoms with Gasteiger partial charge in [0.1, 0.15) is 0 Å². The summed E-state index contributed by atoms with van der Waals surface area (Å²) in [5.74, 6) is -0.0365. The molecule has 1 aromatic heterocycles. The molecule has 0 atom stereocenters. The van der Waals surface area contributed by atoms with E-state index in [9.17, 15) is 8.78 Å². The molecule has 0 spiro atoms. The lowest BCUT2D eigenvalue weighted by atomic mass is 10.4. The van der Waals surface area contributed by atoms with E-state index in [-0.39, 0.29) is 17.4 Å². The van der Waals surface area contributed by atoms with Gasteiger partial charge in [-0.1, -0.05) is 11.6 Å². The molecule has 0 saturated carbocycles. The molecule has 74 valence electrons. The molecule has 2 N–H and O–H groups in total. The average molecular weight is 199 g/mol. The van der Waals surface area contributed by atoms with Crippen LogP contribution in [0.15, 0.2) is 12.1 Å². The number of alkyl halides is 2. The second-order valence-electron chi connectivity index (χ2n) is 2.41. The minimum Gasteiger partial charge on any atom is -0.455 e. The first-order valence-corrected chi connectivity index (χ1v) is 3.68. The smallest absolute Gasteiger partial charge is 0.311 e. The summed E-state index contributed by atoms with van der Waals surface area (Å²) in [5.41, 5.74) is 5.65. The first kappa shape index (κ1) is 10.2. The van der Waals surface area contributed by atoms with Crippen LogP contribution >= 0.6 is 0 Å². The van der Waals surface area contributed by atoms with Gasteiger partial charge in [0.05, 0.1) is 0 Å².